The average Bonchev–Trinajstić information content (AvgIpc) is 1.82. The SMILES string of the molecule is CC(C)(O)C(=O)N[C@H]1C[C@H](N)C1. The molecule has 0 atom stereocenters. The molecule has 4 N–H and O–H groups in total. The van der Waals surface area contributed by atoms with E-state index < -0.39 is 5.60 Å². The first-order chi connectivity index (χ1) is 5.39. The molecule has 12 heavy (non-hydrogen) atoms. The number of hydrogen-bond acceptors (Lipinski definition) is 3. The van der Waals surface area contributed by atoms with Crippen LogP contribution < -0.4 is 11.1 Å². The number of nitrogens with two attached hydrogens (primary N) is 1. The minimum Gasteiger partial charge on any atom is -0.381 e. The van der Waals surface area contributed by atoms with Crippen LogP contribution in [0.3, 0.4) is 0 Å². The van der Waals surface area contributed by atoms with Crippen LogP contribution >= 0.6 is 0 Å². The third kappa shape index (κ3) is 2.19. The number of aliphatic hydroxyl groups is 1. The summed E-state index contributed by atoms with van der Waals surface area (Å²) in [5.41, 5.74) is 4.26. The zero-order valence-electron chi connectivity index (χ0n) is 7.50. The molecule has 0 heterocycles. The van der Waals surface area contributed by atoms with Crippen LogP contribution in [-0.4, -0.2) is 28.7 Å². The summed E-state index contributed by atoms with van der Waals surface area (Å²) in [5.74, 6) is -0.320. The van der Waals surface area contributed by atoms with E-state index in [2.05, 4.69) is 5.32 Å². The molecule has 0 bridgehead atoms. The van der Waals surface area contributed by atoms with Gasteiger partial charge in [0, 0.05) is 12.1 Å². The van der Waals surface area contributed by atoms with Crippen molar-refractivity contribution in [2.24, 2.45) is 5.73 Å². The van der Waals surface area contributed by atoms with E-state index in [4.69, 9.17) is 5.73 Å². The van der Waals surface area contributed by atoms with Gasteiger partial charge in [-0.3, -0.25) is 4.79 Å². The first-order valence-corrected chi connectivity index (χ1v) is 4.18. The minimum absolute atomic E-state index is 0.166. The van der Waals surface area contributed by atoms with Crippen LogP contribution in [0.1, 0.15) is 26.7 Å². The van der Waals surface area contributed by atoms with Crippen LogP contribution in [-0.2, 0) is 4.79 Å². The molecule has 4 heteroatoms. The molecule has 0 unspecified atom stereocenters. The predicted octanol–water partition coefficient (Wildman–Crippen LogP) is -0.637. The Labute approximate surface area is 72.1 Å². The number of amides is 1. The molecule has 0 aromatic heterocycles. The zero-order chi connectivity index (χ0) is 9.35. The Bertz CT molecular complexity index is 180. The van der Waals surface area contributed by atoms with Crippen molar-refractivity contribution in [3.05, 3.63) is 0 Å². The summed E-state index contributed by atoms with van der Waals surface area (Å²) in [6, 6.07) is 0.385. The fourth-order valence-electron chi connectivity index (χ4n) is 1.14. The van der Waals surface area contributed by atoms with Gasteiger partial charge in [-0.15, -0.1) is 0 Å². The van der Waals surface area contributed by atoms with E-state index in [0.29, 0.717) is 0 Å². The summed E-state index contributed by atoms with van der Waals surface area (Å²) in [5, 5.41) is 12.0. The number of hydrogen-bond donors (Lipinski definition) is 3. The van der Waals surface area contributed by atoms with E-state index in [0.717, 1.165) is 12.8 Å². The van der Waals surface area contributed by atoms with Gasteiger partial charge in [0.25, 0.3) is 5.91 Å². The second kappa shape index (κ2) is 3.03. The lowest BCUT2D eigenvalue weighted by atomic mass is 9.87. The normalized spacial score (nSPS) is 29.3. The lowest BCUT2D eigenvalue weighted by Crippen LogP contribution is -2.54. The third-order valence-electron chi connectivity index (χ3n) is 2.07. The molecule has 1 amide bonds. The largest absolute Gasteiger partial charge is 0.381 e. The van der Waals surface area contributed by atoms with E-state index in [1.165, 1.54) is 13.8 Å². The van der Waals surface area contributed by atoms with Crippen molar-refractivity contribution in [1.29, 1.82) is 0 Å². The van der Waals surface area contributed by atoms with Gasteiger partial charge in [0.15, 0.2) is 0 Å². The molecule has 1 saturated carbocycles. The fourth-order valence-corrected chi connectivity index (χ4v) is 1.14. The van der Waals surface area contributed by atoms with Gasteiger partial charge in [0.2, 0.25) is 0 Å². The molecule has 1 aliphatic carbocycles. The van der Waals surface area contributed by atoms with Crippen molar-refractivity contribution < 1.29 is 9.90 Å². The van der Waals surface area contributed by atoms with Crippen LogP contribution in [0.2, 0.25) is 0 Å². The number of carbonyl (C=O) groups is 1. The molecule has 4 nitrogen and oxygen atoms in total. The van der Waals surface area contributed by atoms with Gasteiger partial charge in [-0.05, 0) is 26.7 Å². The highest BCUT2D eigenvalue weighted by Crippen LogP contribution is 2.18. The Balaban J connectivity index is 2.28. The van der Waals surface area contributed by atoms with Crippen LogP contribution in [0.4, 0.5) is 0 Å². The maximum atomic E-state index is 11.2. The first-order valence-electron chi connectivity index (χ1n) is 4.18. The molecule has 0 aliphatic heterocycles. The highest BCUT2D eigenvalue weighted by atomic mass is 16.3. The van der Waals surface area contributed by atoms with Crippen molar-refractivity contribution in [3.8, 4) is 0 Å². The smallest absolute Gasteiger partial charge is 0.251 e. The molecule has 0 aromatic carbocycles. The van der Waals surface area contributed by atoms with Gasteiger partial charge in [-0.2, -0.15) is 0 Å². The van der Waals surface area contributed by atoms with Gasteiger partial charge in [-0.25, -0.2) is 0 Å². The molecule has 0 spiro atoms. The van der Waals surface area contributed by atoms with Gasteiger partial charge in [0.1, 0.15) is 5.60 Å². The molecule has 70 valence electrons. The van der Waals surface area contributed by atoms with Crippen molar-refractivity contribution in [3.63, 3.8) is 0 Å². The topological polar surface area (TPSA) is 75.3 Å². The second-order valence-corrected chi connectivity index (χ2v) is 3.96. The lowest BCUT2D eigenvalue weighted by molar-refractivity contribution is -0.137. The quantitative estimate of drug-likeness (QED) is 0.519. The highest BCUT2D eigenvalue weighted by molar-refractivity contribution is 5.84. The molecular weight excluding hydrogens is 156 g/mol. The molecule has 0 radical (unpaired) electrons. The van der Waals surface area contributed by atoms with Gasteiger partial charge in [-0.1, -0.05) is 0 Å². The summed E-state index contributed by atoms with van der Waals surface area (Å²) in [6.07, 6.45) is 1.64. The van der Waals surface area contributed by atoms with Crippen LogP contribution in [0.15, 0.2) is 0 Å². The average molecular weight is 172 g/mol. The van der Waals surface area contributed by atoms with Crippen molar-refractivity contribution in [1.82, 2.24) is 5.32 Å². The number of carbonyl (C=O) groups excluding carboxylic acids is 1. The Morgan fingerprint density at radius 1 is 1.58 bits per heavy atom. The molecule has 1 rings (SSSR count). The van der Waals surface area contributed by atoms with E-state index in [9.17, 15) is 9.90 Å². The third-order valence-corrected chi connectivity index (χ3v) is 2.07. The van der Waals surface area contributed by atoms with E-state index in [1.54, 1.807) is 0 Å². The maximum Gasteiger partial charge on any atom is 0.251 e. The van der Waals surface area contributed by atoms with Crippen LogP contribution in [0, 0.1) is 0 Å². The standard InChI is InChI=1S/C8H16N2O2/c1-8(2,12)7(11)10-6-3-5(9)4-6/h5-6,12H,3-4,9H2,1-2H3,(H,10,11)/t5-,6-. The van der Waals surface area contributed by atoms with Gasteiger partial charge < -0.3 is 16.2 Å². The van der Waals surface area contributed by atoms with Crippen molar-refractivity contribution in [2.45, 2.75) is 44.4 Å². The van der Waals surface area contributed by atoms with Crippen molar-refractivity contribution in [2.75, 3.05) is 0 Å². The fraction of sp³-hybridized carbons (Fsp3) is 0.875. The Morgan fingerprint density at radius 3 is 2.42 bits per heavy atom. The molecule has 0 aromatic rings. The first kappa shape index (κ1) is 9.48. The van der Waals surface area contributed by atoms with Crippen LogP contribution in [0.5, 0.6) is 0 Å². The molecule has 1 fully saturated rings. The molecule has 1 aliphatic rings. The monoisotopic (exact) mass is 172 g/mol. The van der Waals surface area contributed by atoms with Gasteiger partial charge >= 0.3 is 0 Å². The summed E-state index contributed by atoms with van der Waals surface area (Å²) in [7, 11) is 0. The van der Waals surface area contributed by atoms with E-state index in [-0.39, 0.29) is 18.0 Å². The lowest BCUT2D eigenvalue weighted by Gasteiger charge is -2.34. The minimum atomic E-state index is -1.28. The Kier molecular flexibility index (Phi) is 2.39. The number of rotatable bonds is 2. The predicted molar refractivity (Wildman–Crippen MR) is 45.4 cm³/mol. The zero-order valence-corrected chi connectivity index (χ0v) is 7.50. The van der Waals surface area contributed by atoms with E-state index >= 15 is 0 Å². The molecular formula is C8H16N2O2. The Hall–Kier alpha value is -0.610. The maximum absolute atomic E-state index is 11.2. The summed E-state index contributed by atoms with van der Waals surface area (Å²) >= 11 is 0. The molecule has 0 saturated heterocycles. The van der Waals surface area contributed by atoms with Crippen molar-refractivity contribution >= 4 is 5.91 Å². The summed E-state index contributed by atoms with van der Waals surface area (Å²) in [6.45, 7) is 2.95. The van der Waals surface area contributed by atoms with Crippen LogP contribution in [0.25, 0.3) is 0 Å². The highest BCUT2D eigenvalue weighted by Gasteiger charge is 2.31. The summed E-state index contributed by atoms with van der Waals surface area (Å²) in [4.78, 5) is 11.2. The van der Waals surface area contributed by atoms with Gasteiger partial charge in [0.05, 0.1) is 0 Å². The van der Waals surface area contributed by atoms with E-state index in [1.807, 2.05) is 0 Å². The second-order valence-electron chi connectivity index (χ2n) is 3.96. The Morgan fingerprint density at radius 2 is 2.08 bits per heavy atom. The summed E-state index contributed by atoms with van der Waals surface area (Å²) < 4.78 is 0. The number of nitrogens with one attached hydrogen (secondary N) is 1.